The van der Waals surface area contributed by atoms with Gasteiger partial charge in [-0.3, -0.25) is 14.5 Å². The van der Waals surface area contributed by atoms with E-state index in [1.165, 1.54) is 18.2 Å². The van der Waals surface area contributed by atoms with Crippen molar-refractivity contribution in [3.63, 3.8) is 0 Å². The number of benzene rings is 2. The van der Waals surface area contributed by atoms with Crippen molar-refractivity contribution in [2.75, 3.05) is 4.90 Å². The van der Waals surface area contributed by atoms with Gasteiger partial charge in [0.15, 0.2) is 0 Å². The van der Waals surface area contributed by atoms with Crippen molar-refractivity contribution in [2.24, 2.45) is 0 Å². The Morgan fingerprint density at radius 2 is 1.70 bits per heavy atom. The molecule has 0 bridgehead atoms. The first-order valence-corrected chi connectivity index (χ1v) is 11.9. The number of carbonyl (C=O) groups excluding carboxylic acids is 2. The zero-order valence-corrected chi connectivity index (χ0v) is 19.4. The maximum absolute atomic E-state index is 13.8. The highest BCUT2D eigenvalue weighted by atomic mass is 16.3. The van der Waals surface area contributed by atoms with Gasteiger partial charge in [-0.2, -0.15) is 0 Å². The first kappa shape index (κ1) is 22.8. The van der Waals surface area contributed by atoms with Crippen molar-refractivity contribution in [3.8, 4) is 0 Å². The second kappa shape index (κ2) is 10.5. The second-order valence-corrected chi connectivity index (χ2v) is 8.74. The van der Waals surface area contributed by atoms with Crippen LogP contribution < -0.4 is 10.2 Å². The maximum atomic E-state index is 13.8. The van der Waals surface area contributed by atoms with E-state index in [-0.39, 0.29) is 17.9 Å². The average molecular weight is 445 g/mol. The van der Waals surface area contributed by atoms with Gasteiger partial charge in [0.2, 0.25) is 5.91 Å². The molecule has 1 N–H and O–H groups in total. The summed E-state index contributed by atoms with van der Waals surface area (Å²) < 4.78 is 5.42. The van der Waals surface area contributed by atoms with Crippen LogP contribution >= 0.6 is 0 Å². The average Bonchev–Trinajstić information content (AvgIpc) is 3.29. The van der Waals surface area contributed by atoms with Gasteiger partial charge in [0.1, 0.15) is 11.8 Å². The van der Waals surface area contributed by atoms with Gasteiger partial charge in [0.25, 0.3) is 5.91 Å². The first-order valence-electron chi connectivity index (χ1n) is 11.9. The Balaban J connectivity index is 1.78. The molecule has 0 spiro atoms. The Bertz CT molecular complexity index is 1070. The number of hydrogen-bond donors (Lipinski definition) is 1. The summed E-state index contributed by atoms with van der Waals surface area (Å²) in [7, 11) is 0. The SMILES string of the molecule is CCc1ccc([C@H](C(=O)NC2CCCCC2)N(C(=O)c2ccoc2C)c2ccccc2)cc1. The van der Waals surface area contributed by atoms with Crippen LogP contribution in [0.2, 0.25) is 0 Å². The van der Waals surface area contributed by atoms with E-state index in [4.69, 9.17) is 4.42 Å². The predicted octanol–water partition coefficient (Wildman–Crippen LogP) is 5.99. The molecule has 0 unspecified atom stereocenters. The van der Waals surface area contributed by atoms with Crippen LogP contribution in [-0.2, 0) is 11.2 Å². The molecule has 2 amide bonds. The number of anilines is 1. The van der Waals surface area contributed by atoms with Gasteiger partial charge in [-0.25, -0.2) is 0 Å². The van der Waals surface area contributed by atoms with Gasteiger partial charge in [-0.1, -0.05) is 68.7 Å². The Hall–Kier alpha value is -3.34. The number of hydrogen-bond acceptors (Lipinski definition) is 3. The monoisotopic (exact) mass is 444 g/mol. The summed E-state index contributed by atoms with van der Waals surface area (Å²) >= 11 is 0. The molecule has 1 fully saturated rings. The summed E-state index contributed by atoms with van der Waals surface area (Å²) in [5.74, 6) is 0.133. The van der Waals surface area contributed by atoms with E-state index in [1.54, 1.807) is 17.9 Å². The van der Waals surface area contributed by atoms with Gasteiger partial charge in [0.05, 0.1) is 11.8 Å². The van der Waals surface area contributed by atoms with E-state index in [0.717, 1.165) is 37.7 Å². The van der Waals surface area contributed by atoms with Crippen LogP contribution in [0.3, 0.4) is 0 Å². The van der Waals surface area contributed by atoms with E-state index in [2.05, 4.69) is 12.2 Å². The van der Waals surface area contributed by atoms with Crippen molar-refractivity contribution >= 4 is 17.5 Å². The lowest BCUT2D eigenvalue weighted by molar-refractivity contribution is -0.123. The van der Waals surface area contributed by atoms with Gasteiger partial charge < -0.3 is 9.73 Å². The Morgan fingerprint density at radius 3 is 2.30 bits per heavy atom. The Labute approximate surface area is 195 Å². The number of rotatable bonds is 7. The topological polar surface area (TPSA) is 62.6 Å². The number of amides is 2. The number of furan rings is 1. The smallest absolute Gasteiger partial charge is 0.262 e. The van der Waals surface area contributed by atoms with Crippen molar-refractivity contribution in [1.82, 2.24) is 5.32 Å². The molecular weight excluding hydrogens is 412 g/mol. The molecular formula is C28H32N2O3. The fraction of sp³-hybridized carbons (Fsp3) is 0.357. The molecule has 0 radical (unpaired) electrons. The molecule has 5 heteroatoms. The highest BCUT2D eigenvalue weighted by molar-refractivity contribution is 6.10. The second-order valence-electron chi connectivity index (χ2n) is 8.74. The summed E-state index contributed by atoms with van der Waals surface area (Å²) in [6, 6.07) is 18.4. The quantitative estimate of drug-likeness (QED) is 0.487. The number of para-hydroxylation sites is 1. The fourth-order valence-electron chi connectivity index (χ4n) is 4.59. The summed E-state index contributed by atoms with van der Waals surface area (Å²) in [6.45, 7) is 3.87. The van der Waals surface area contributed by atoms with E-state index in [9.17, 15) is 9.59 Å². The third kappa shape index (κ3) is 5.19. The summed E-state index contributed by atoms with van der Waals surface area (Å²) in [5.41, 5.74) is 3.11. The zero-order chi connectivity index (χ0) is 23.2. The van der Waals surface area contributed by atoms with Crippen LogP contribution in [0.4, 0.5) is 5.69 Å². The zero-order valence-electron chi connectivity index (χ0n) is 19.4. The van der Waals surface area contributed by atoms with Crippen molar-refractivity contribution in [1.29, 1.82) is 0 Å². The van der Waals surface area contributed by atoms with E-state index in [0.29, 0.717) is 17.0 Å². The predicted molar refractivity (Wildman–Crippen MR) is 130 cm³/mol. The molecule has 5 nitrogen and oxygen atoms in total. The lowest BCUT2D eigenvalue weighted by atomic mass is 9.94. The minimum atomic E-state index is -0.790. The molecule has 0 saturated heterocycles. The third-order valence-corrected chi connectivity index (χ3v) is 6.50. The van der Waals surface area contributed by atoms with Crippen molar-refractivity contribution < 1.29 is 14.0 Å². The van der Waals surface area contributed by atoms with Crippen LogP contribution in [0.5, 0.6) is 0 Å². The molecule has 1 aliphatic carbocycles. The van der Waals surface area contributed by atoms with Crippen LogP contribution in [0.25, 0.3) is 0 Å². The summed E-state index contributed by atoms with van der Waals surface area (Å²) in [4.78, 5) is 29.3. The highest BCUT2D eigenvalue weighted by Gasteiger charge is 2.35. The minimum absolute atomic E-state index is 0.145. The van der Waals surface area contributed by atoms with Gasteiger partial charge in [-0.15, -0.1) is 0 Å². The molecule has 1 aromatic heterocycles. The Kier molecular flexibility index (Phi) is 7.28. The van der Waals surface area contributed by atoms with Crippen LogP contribution in [-0.4, -0.2) is 17.9 Å². The molecule has 1 heterocycles. The van der Waals surface area contributed by atoms with Crippen molar-refractivity contribution in [2.45, 2.75) is 64.5 Å². The van der Waals surface area contributed by atoms with Crippen LogP contribution in [0, 0.1) is 6.92 Å². The molecule has 172 valence electrons. The summed E-state index contributed by atoms with van der Waals surface area (Å²) in [6.07, 6.45) is 7.84. The molecule has 3 aromatic rings. The lowest BCUT2D eigenvalue weighted by Gasteiger charge is -2.33. The van der Waals surface area contributed by atoms with Gasteiger partial charge >= 0.3 is 0 Å². The largest absolute Gasteiger partial charge is 0.469 e. The number of carbonyl (C=O) groups is 2. The molecule has 1 saturated carbocycles. The Morgan fingerprint density at radius 1 is 1.00 bits per heavy atom. The summed E-state index contributed by atoms with van der Waals surface area (Å²) in [5, 5.41) is 3.25. The maximum Gasteiger partial charge on any atom is 0.262 e. The molecule has 4 rings (SSSR count). The number of nitrogens with zero attached hydrogens (tertiary/aromatic N) is 1. The van der Waals surface area contributed by atoms with E-state index in [1.807, 2.05) is 54.6 Å². The molecule has 33 heavy (non-hydrogen) atoms. The van der Waals surface area contributed by atoms with Gasteiger partial charge in [0, 0.05) is 11.7 Å². The van der Waals surface area contributed by atoms with Crippen LogP contribution in [0.15, 0.2) is 71.3 Å². The number of aryl methyl sites for hydroxylation is 2. The van der Waals surface area contributed by atoms with E-state index >= 15 is 0 Å². The minimum Gasteiger partial charge on any atom is -0.469 e. The van der Waals surface area contributed by atoms with Crippen molar-refractivity contribution in [3.05, 3.63) is 89.4 Å². The van der Waals surface area contributed by atoms with E-state index < -0.39 is 6.04 Å². The number of nitrogens with one attached hydrogen (secondary N) is 1. The lowest BCUT2D eigenvalue weighted by Crippen LogP contribution is -2.47. The molecule has 1 aliphatic rings. The third-order valence-electron chi connectivity index (χ3n) is 6.50. The first-order chi connectivity index (χ1) is 16.1. The standard InChI is InChI=1S/C28H32N2O3/c1-3-21-14-16-22(17-15-21)26(27(31)29-23-10-6-4-7-11-23)30(24-12-8-5-9-13-24)28(32)25-18-19-33-20(25)2/h5,8-9,12-19,23,26H,3-4,6-7,10-11H2,1-2H3,(H,29,31)/t26-/m1/s1. The normalized spacial score (nSPS) is 15.1. The fourth-order valence-corrected chi connectivity index (χ4v) is 4.59. The highest BCUT2D eigenvalue weighted by Crippen LogP contribution is 2.31. The molecule has 0 aliphatic heterocycles. The molecule has 2 aromatic carbocycles. The molecule has 1 atom stereocenters. The van der Waals surface area contributed by atoms with Crippen LogP contribution in [0.1, 0.15) is 72.3 Å². The van der Waals surface area contributed by atoms with Gasteiger partial charge in [-0.05, 0) is 55.5 Å².